The van der Waals surface area contributed by atoms with Crippen molar-refractivity contribution in [2.45, 2.75) is 31.3 Å². The molecule has 0 heterocycles. The standard InChI is InChI=1S/C14H20FNO2/c1-17-8-10-4-5-11(13(18-2)12(10)15)14(9-16)6-3-7-14/h4-5H,3,6-9,16H2,1-2H3. The zero-order valence-corrected chi connectivity index (χ0v) is 11.0. The van der Waals surface area contributed by atoms with Gasteiger partial charge >= 0.3 is 0 Å². The molecule has 0 spiro atoms. The Labute approximate surface area is 107 Å². The summed E-state index contributed by atoms with van der Waals surface area (Å²) in [6.45, 7) is 0.782. The van der Waals surface area contributed by atoms with Crippen molar-refractivity contribution in [3.63, 3.8) is 0 Å². The van der Waals surface area contributed by atoms with Crippen LogP contribution >= 0.6 is 0 Å². The molecule has 1 aliphatic rings. The van der Waals surface area contributed by atoms with Gasteiger partial charge in [-0.15, -0.1) is 0 Å². The molecular weight excluding hydrogens is 233 g/mol. The molecule has 2 rings (SSSR count). The van der Waals surface area contributed by atoms with Crippen LogP contribution in [0.4, 0.5) is 4.39 Å². The van der Waals surface area contributed by atoms with Crippen LogP contribution in [0.3, 0.4) is 0 Å². The van der Waals surface area contributed by atoms with Crippen molar-refractivity contribution in [1.29, 1.82) is 0 Å². The quantitative estimate of drug-likeness (QED) is 0.876. The van der Waals surface area contributed by atoms with Gasteiger partial charge in [0.2, 0.25) is 0 Å². The van der Waals surface area contributed by atoms with Crippen LogP contribution in [-0.4, -0.2) is 20.8 Å². The van der Waals surface area contributed by atoms with Gasteiger partial charge in [-0.25, -0.2) is 4.39 Å². The Balaban J connectivity index is 2.45. The topological polar surface area (TPSA) is 44.5 Å². The monoisotopic (exact) mass is 253 g/mol. The van der Waals surface area contributed by atoms with Gasteiger partial charge in [0.25, 0.3) is 0 Å². The summed E-state index contributed by atoms with van der Waals surface area (Å²) in [5, 5.41) is 0. The van der Waals surface area contributed by atoms with E-state index in [0.717, 1.165) is 24.8 Å². The molecule has 0 bridgehead atoms. The highest BCUT2D eigenvalue weighted by atomic mass is 19.1. The molecule has 0 atom stereocenters. The first-order valence-electron chi connectivity index (χ1n) is 6.23. The second-order valence-electron chi connectivity index (χ2n) is 4.89. The first-order valence-corrected chi connectivity index (χ1v) is 6.23. The number of halogens is 1. The molecular formula is C14H20FNO2. The molecule has 4 heteroatoms. The van der Waals surface area contributed by atoms with Gasteiger partial charge in [-0.1, -0.05) is 18.6 Å². The third kappa shape index (κ3) is 1.99. The summed E-state index contributed by atoms with van der Waals surface area (Å²) >= 11 is 0. The smallest absolute Gasteiger partial charge is 0.170 e. The lowest BCUT2D eigenvalue weighted by atomic mass is 9.64. The van der Waals surface area contributed by atoms with Crippen molar-refractivity contribution < 1.29 is 13.9 Å². The van der Waals surface area contributed by atoms with E-state index in [4.69, 9.17) is 15.2 Å². The van der Waals surface area contributed by atoms with E-state index in [2.05, 4.69) is 0 Å². The average molecular weight is 253 g/mol. The summed E-state index contributed by atoms with van der Waals surface area (Å²) in [7, 11) is 3.05. The normalized spacial score (nSPS) is 17.3. The fraction of sp³-hybridized carbons (Fsp3) is 0.571. The molecule has 1 saturated carbocycles. The molecule has 1 fully saturated rings. The highest BCUT2D eigenvalue weighted by Gasteiger charge is 2.40. The summed E-state index contributed by atoms with van der Waals surface area (Å²) in [4.78, 5) is 0. The Kier molecular flexibility index (Phi) is 3.88. The van der Waals surface area contributed by atoms with Crippen LogP contribution in [0.1, 0.15) is 30.4 Å². The van der Waals surface area contributed by atoms with Gasteiger partial charge in [-0.3, -0.25) is 0 Å². The van der Waals surface area contributed by atoms with E-state index in [-0.39, 0.29) is 17.8 Å². The van der Waals surface area contributed by atoms with Crippen molar-refractivity contribution in [1.82, 2.24) is 0 Å². The molecule has 0 amide bonds. The molecule has 0 unspecified atom stereocenters. The number of hydrogen-bond acceptors (Lipinski definition) is 3. The van der Waals surface area contributed by atoms with Gasteiger partial charge in [-0.2, -0.15) is 0 Å². The highest BCUT2D eigenvalue weighted by molar-refractivity contribution is 5.45. The Bertz CT molecular complexity index is 425. The third-order valence-corrected chi connectivity index (χ3v) is 3.95. The van der Waals surface area contributed by atoms with Crippen LogP contribution in [0.5, 0.6) is 5.75 Å². The van der Waals surface area contributed by atoms with Crippen molar-refractivity contribution in [2.75, 3.05) is 20.8 Å². The molecule has 3 nitrogen and oxygen atoms in total. The average Bonchev–Trinajstić information content (AvgIpc) is 2.32. The van der Waals surface area contributed by atoms with E-state index >= 15 is 0 Å². The van der Waals surface area contributed by atoms with Gasteiger partial charge in [0, 0.05) is 30.2 Å². The zero-order valence-electron chi connectivity index (χ0n) is 11.0. The molecule has 1 aliphatic carbocycles. The summed E-state index contributed by atoms with van der Waals surface area (Å²) in [6, 6.07) is 3.70. The van der Waals surface area contributed by atoms with Gasteiger partial charge in [0.15, 0.2) is 11.6 Å². The second-order valence-corrected chi connectivity index (χ2v) is 4.89. The summed E-state index contributed by atoms with van der Waals surface area (Å²) < 4.78 is 24.5. The minimum atomic E-state index is -0.323. The fourth-order valence-corrected chi connectivity index (χ4v) is 2.67. The van der Waals surface area contributed by atoms with Crippen LogP contribution in [0.15, 0.2) is 12.1 Å². The van der Waals surface area contributed by atoms with Gasteiger partial charge in [0.1, 0.15) is 0 Å². The first kappa shape index (κ1) is 13.3. The van der Waals surface area contributed by atoms with E-state index in [1.165, 1.54) is 7.11 Å². The van der Waals surface area contributed by atoms with E-state index < -0.39 is 0 Å². The molecule has 18 heavy (non-hydrogen) atoms. The van der Waals surface area contributed by atoms with E-state index in [0.29, 0.717) is 17.9 Å². The number of hydrogen-bond donors (Lipinski definition) is 1. The zero-order chi connectivity index (χ0) is 13.2. The van der Waals surface area contributed by atoms with E-state index in [9.17, 15) is 4.39 Å². The number of rotatable bonds is 5. The molecule has 0 saturated heterocycles. The molecule has 1 aromatic carbocycles. The Morgan fingerprint density at radius 3 is 2.50 bits per heavy atom. The van der Waals surface area contributed by atoms with Crippen LogP contribution in [0, 0.1) is 5.82 Å². The van der Waals surface area contributed by atoms with Crippen LogP contribution < -0.4 is 10.5 Å². The van der Waals surface area contributed by atoms with Crippen molar-refractivity contribution in [2.24, 2.45) is 5.73 Å². The SMILES string of the molecule is COCc1ccc(C2(CN)CCC2)c(OC)c1F. The lowest BCUT2D eigenvalue weighted by Crippen LogP contribution is -2.42. The molecule has 0 radical (unpaired) electrons. The minimum absolute atomic E-state index is 0.0994. The molecule has 100 valence electrons. The highest BCUT2D eigenvalue weighted by Crippen LogP contribution is 2.47. The Morgan fingerprint density at radius 2 is 2.06 bits per heavy atom. The maximum Gasteiger partial charge on any atom is 0.170 e. The lowest BCUT2D eigenvalue weighted by molar-refractivity contribution is 0.179. The van der Waals surface area contributed by atoms with Crippen LogP contribution in [0.25, 0.3) is 0 Å². The van der Waals surface area contributed by atoms with Gasteiger partial charge in [0.05, 0.1) is 13.7 Å². The van der Waals surface area contributed by atoms with Crippen LogP contribution in [-0.2, 0) is 16.8 Å². The summed E-state index contributed by atoms with van der Waals surface area (Å²) in [6.07, 6.45) is 3.15. The number of ether oxygens (including phenoxy) is 2. The second kappa shape index (κ2) is 5.24. The summed E-state index contributed by atoms with van der Waals surface area (Å²) in [5.74, 6) is 0.00581. The van der Waals surface area contributed by atoms with Gasteiger partial charge in [-0.05, 0) is 12.8 Å². The van der Waals surface area contributed by atoms with E-state index in [1.807, 2.05) is 6.07 Å². The summed E-state index contributed by atoms with van der Waals surface area (Å²) in [5.41, 5.74) is 7.19. The van der Waals surface area contributed by atoms with Crippen molar-refractivity contribution in [3.8, 4) is 5.75 Å². The van der Waals surface area contributed by atoms with Crippen molar-refractivity contribution >= 4 is 0 Å². The van der Waals surface area contributed by atoms with Gasteiger partial charge < -0.3 is 15.2 Å². The molecule has 2 N–H and O–H groups in total. The van der Waals surface area contributed by atoms with Crippen molar-refractivity contribution in [3.05, 3.63) is 29.1 Å². The molecule has 0 aliphatic heterocycles. The lowest BCUT2D eigenvalue weighted by Gasteiger charge is -2.42. The minimum Gasteiger partial charge on any atom is -0.493 e. The maximum atomic E-state index is 14.3. The maximum absolute atomic E-state index is 14.3. The Morgan fingerprint density at radius 1 is 1.33 bits per heavy atom. The molecule has 1 aromatic rings. The predicted molar refractivity (Wildman–Crippen MR) is 68.2 cm³/mol. The number of nitrogens with two attached hydrogens (primary N) is 1. The number of benzene rings is 1. The largest absolute Gasteiger partial charge is 0.493 e. The van der Waals surface area contributed by atoms with Crippen LogP contribution in [0.2, 0.25) is 0 Å². The molecule has 0 aromatic heterocycles. The third-order valence-electron chi connectivity index (χ3n) is 3.95. The Hall–Kier alpha value is -1.13. The first-order chi connectivity index (χ1) is 8.68. The fourth-order valence-electron chi connectivity index (χ4n) is 2.67. The predicted octanol–water partition coefficient (Wildman–Crippen LogP) is 2.36. The van der Waals surface area contributed by atoms with E-state index in [1.54, 1.807) is 13.2 Å². The number of methoxy groups -OCH3 is 2.